The molecule has 2 aromatic rings. The zero-order chi connectivity index (χ0) is 18.7. The van der Waals surface area contributed by atoms with E-state index in [1.165, 1.54) is 5.56 Å². The van der Waals surface area contributed by atoms with Crippen LogP contribution in [0, 0.1) is 0 Å². The van der Waals surface area contributed by atoms with Crippen molar-refractivity contribution in [1.29, 1.82) is 0 Å². The van der Waals surface area contributed by atoms with Crippen LogP contribution >= 0.6 is 11.6 Å². The van der Waals surface area contributed by atoms with Gasteiger partial charge in [-0.2, -0.15) is 0 Å². The van der Waals surface area contributed by atoms with Crippen LogP contribution in [0.4, 0.5) is 5.82 Å². The number of hydrogen-bond donors (Lipinski definition) is 2. The molecule has 0 bridgehead atoms. The SMILES string of the molecule is OC1(CNc2cc(Cl)nc(C3CCCO3)n2)CCN(Cc2ccccc2)C1. The first-order valence-electron chi connectivity index (χ1n) is 9.48. The number of ether oxygens (including phenoxy) is 1. The lowest BCUT2D eigenvalue weighted by atomic mass is 10.0. The largest absolute Gasteiger partial charge is 0.387 e. The third-order valence-corrected chi connectivity index (χ3v) is 5.38. The first-order valence-corrected chi connectivity index (χ1v) is 9.86. The predicted octanol–water partition coefficient (Wildman–Crippen LogP) is 3.03. The highest BCUT2D eigenvalue weighted by molar-refractivity contribution is 6.29. The average molecular weight is 389 g/mol. The Hall–Kier alpha value is -1.73. The maximum Gasteiger partial charge on any atom is 0.161 e. The van der Waals surface area contributed by atoms with Gasteiger partial charge in [0.2, 0.25) is 0 Å². The van der Waals surface area contributed by atoms with Gasteiger partial charge in [0.05, 0.1) is 5.60 Å². The first kappa shape index (κ1) is 18.6. The predicted molar refractivity (Wildman–Crippen MR) is 105 cm³/mol. The van der Waals surface area contributed by atoms with E-state index in [9.17, 15) is 5.11 Å². The molecule has 27 heavy (non-hydrogen) atoms. The summed E-state index contributed by atoms with van der Waals surface area (Å²) in [5.74, 6) is 1.25. The van der Waals surface area contributed by atoms with E-state index in [0.29, 0.717) is 29.9 Å². The van der Waals surface area contributed by atoms with Crippen LogP contribution in [0.25, 0.3) is 0 Å². The highest BCUT2D eigenvalue weighted by Crippen LogP contribution is 2.28. The third-order valence-electron chi connectivity index (χ3n) is 5.19. The van der Waals surface area contributed by atoms with Crippen LogP contribution in [-0.2, 0) is 11.3 Å². The van der Waals surface area contributed by atoms with Crippen molar-refractivity contribution < 1.29 is 9.84 Å². The molecule has 2 unspecified atom stereocenters. The third kappa shape index (κ3) is 4.76. The first-order chi connectivity index (χ1) is 13.1. The second kappa shape index (κ2) is 8.10. The van der Waals surface area contributed by atoms with Crippen molar-refractivity contribution in [2.24, 2.45) is 0 Å². The number of likely N-dealkylation sites (tertiary alicyclic amines) is 1. The molecule has 0 spiro atoms. The van der Waals surface area contributed by atoms with E-state index in [4.69, 9.17) is 16.3 Å². The Morgan fingerprint density at radius 1 is 1.30 bits per heavy atom. The molecule has 6 nitrogen and oxygen atoms in total. The van der Waals surface area contributed by atoms with E-state index in [1.54, 1.807) is 6.07 Å². The van der Waals surface area contributed by atoms with Crippen molar-refractivity contribution in [2.45, 2.75) is 37.5 Å². The summed E-state index contributed by atoms with van der Waals surface area (Å²) in [7, 11) is 0. The molecule has 0 aliphatic carbocycles. The molecule has 1 aromatic heterocycles. The summed E-state index contributed by atoms with van der Waals surface area (Å²) in [5.41, 5.74) is 0.481. The van der Waals surface area contributed by atoms with E-state index in [-0.39, 0.29) is 6.10 Å². The molecule has 3 heterocycles. The van der Waals surface area contributed by atoms with Gasteiger partial charge in [0.15, 0.2) is 5.82 Å². The van der Waals surface area contributed by atoms with Crippen LogP contribution in [0.3, 0.4) is 0 Å². The van der Waals surface area contributed by atoms with E-state index in [1.807, 2.05) is 18.2 Å². The number of benzene rings is 1. The molecule has 2 saturated heterocycles. The normalized spacial score (nSPS) is 25.8. The minimum Gasteiger partial charge on any atom is -0.387 e. The number of β-amino-alcohol motifs (C(OH)–C–C–N with tert-alkyl or cyclic N) is 1. The molecule has 2 fully saturated rings. The monoisotopic (exact) mass is 388 g/mol. The summed E-state index contributed by atoms with van der Waals surface area (Å²) in [6, 6.07) is 12.0. The maximum absolute atomic E-state index is 10.9. The molecule has 144 valence electrons. The van der Waals surface area contributed by atoms with E-state index < -0.39 is 5.60 Å². The second-order valence-electron chi connectivity index (χ2n) is 7.46. The molecule has 2 aliphatic heterocycles. The fraction of sp³-hybridized carbons (Fsp3) is 0.500. The number of rotatable bonds is 6. The smallest absolute Gasteiger partial charge is 0.161 e. The fourth-order valence-electron chi connectivity index (χ4n) is 3.77. The molecule has 2 N–H and O–H groups in total. The minimum absolute atomic E-state index is 0.0832. The van der Waals surface area contributed by atoms with E-state index in [2.05, 4.69) is 32.3 Å². The molecule has 1 aromatic carbocycles. The number of anilines is 1. The van der Waals surface area contributed by atoms with Gasteiger partial charge in [0.1, 0.15) is 17.1 Å². The van der Waals surface area contributed by atoms with Gasteiger partial charge in [-0.15, -0.1) is 0 Å². The second-order valence-corrected chi connectivity index (χ2v) is 7.85. The molecule has 0 radical (unpaired) electrons. The zero-order valence-corrected chi connectivity index (χ0v) is 16.0. The zero-order valence-electron chi connectivity index (χ0n) is 15.3. The van der Waals surface area contributed by atoms with Crippen LogP contribution in [0.15, 0.2) is 36.4 Å². The van der Waals surface area contributed by atoms with Gasteiger partial charge in [-0.05, 0) is 24.8 Å². The summed E-state index contributed by atoms with van der Waals surface area (Å²) in [6.07, 6.45) is 2.57. The Kier molecular flexibility index (Phi) is 5.59. The van der Waals surface area contributed by atoms with Gasteiger partial charge < -0.3 is 15.2 Å². The lowest BCUT2D eigenvalue weighted by Crippen LogP contribution is -2.40. The van der Waals surface area contributed by atoms with Gasteiger partial charge in [-0.25, -0.2) is 9.97 Å². The topological polar surface area (TPSA) is 70.5 Å². The summed E-state index contributed by atoms with van der Waals surface area (Å²) in [6.45, 7) is 3.52. The van der Waals surface area contributed by atoms with Crippen molar-refractivity contribution in [3.63, 3.8) is 0 Å². The van der Waals surface area contributed by atoms with Gasteiger partial charge in [-0.1, -0.05) is 41.9 Å². The Balaban J connectivity index is 1.35. The molecule has 2 atom stereocenters. The number of hydrogen-bond acceptors (Lipinski definition) is 6. The van der Waals surface area contributed by atoms with E-state index in [0.717, 1.165) is 39.0 Å². The standard InChI is InChI=1S/C20H25ClN4O2/c21-17-11-18(24-19(23-17)16-7-4-10-27-16)22-13-20(26)8-9-25(14-20)12-15-5-2-1-3-6-15/h1-3,5-6,11,16,26H,4,7-10,12-14H2,(H,22,23,24). The summed E-state index contributed by atoms with van der Waals surface area (Å²) >= 11 is 6.15. The van der Waals surface area contributed by atoms with Gasteiger partial charge in [0.25, 0.3) is 0 Å². The summed E-state index contributed by atoms with van der Waals surface area (Å²) in [5, 5.41) is 14.6. The Morgan fingerprint density at radius 3 is 2.93 bits per heavy atom. The molecule has 7 heteroatoms. The van der Waals surface area contributed by atoms with Crippen LogP contribution < -0.4 is 5.32 Å². The minimum atomic E-state index is -0.782. The number of halogens is 1. The van der Waals surface area contributed by atoms with Crippen molar-refractivity contribution in [3.8, 4) is 0 Å². The van der Waals surface area contributed by atoms with E-state index >= 15 is 0 Å². The number of nitrogens with one attached hydrogen (secondary N) is 1. The Bertz CT molecular complexity index is 770. The Labute approximate surface area is 164 Å². The highest BCUT2D eigenvalue weighted by atomic mass is 35.5. The molecule has 0 saturated carbocycles. The number of nitrogens with zero attached hydrogens (tertiary/aromatic N) is 3. The van der Waals surface area contributed by atoms with Crippen LogP contribution in [0.2, 0.25) is 5.15 Å². The average Bonchev–Trinajstić information content (AvgIpc) is 3.31. The molecular weight excluding hydrogens is 364 g/mol. The lowest BCUT2D eigenvalue weighted by molar-refractivity contribution is 0.0614. The van der Waals surface area contributed by atoms with Gasteiger partial charge in [0, 0.05) is 38.9 Å². The van der Waals surface area contributed by atoms with Crippen LogP contribution in [0.1, 0.15) is 36.8 Å². The molecule has 4 rings (SSSR count). The molecule has 0 amide bonds. The highest BCUT2D eigenvalue weighted by Gasteiger charge is 2.36. The van der Waals surface area contributed by atoms with Gasteiger partial charge in [-0.3, -0.25) is 4.90 Å². The fourth-order valence-corrected chi connectivity index (χ4v) is 3.96. The quantitative estimate of drug-likeness (QED) is 0.741. The number of aliphatic hydroxyl groups is 1. The van der Waals surface area contributed by atoms with Crippen LogP contribution in [0.5, 0.6) is 0 Å². The van der Waals surface area contributed by atoms with Crippen molar-refractivity contribution >= 4 is 17.4 Å². The van der Waals surface area contributed by atoms with Crippen molar-refractivity contribution in [1.82, 2.24) is 14.9 Å². The maximum atomic E-state index is 10.9. The van der Waals surface area contributed by atoms with Gasteiger partial charge >= 0.3 is 0 Å². The van der Waals surface area contributed by atoms with Crippen LogP contribution in [-0.4, -0.2) is 51.8 Å². The van der Waals surface area contributed by atoms with Crippen molar-refractivity contribution in [2.75, 3.05) is 31.6 Å². The Morgan fingerprint density at radius 2 is 2.15 bits per heavy atom. The molecule has 2 aliphatic rings. The number of aromatic nitrogens is 2. The lowest BCUT2D eigenvalue weighted by Gasteiger charge is -2.24. The summed E-state index contributed by atoms with van der Waals surface area (Å²) in [4.78, 5) is 11.1. The molecular formula is C20H25ClN4O2. The summed E-state index contributed by atoms with van der Waals surface area (Å²) < 4.78 is 5.65. The van der Waals surface area contributed by atoms with Crippen molar-refractivity contribution in [3.05, 3.63) is 52.9 Å².